The van der Waals surface area contributed by atoms with Crippen LogP contribution in [0.25, 0.3) is 0 Å². The minimum atomic E-state index is -0.180. The first-order valence-corrected chi connectivity index (χ1v) is 9.98. The van der Waals surface area contributed by atoms with Crippen molar-refractivity contribution in [3.05, 3.63) is 0 Å². The number of nitrogens with one attached hydrogen (secondary N) is 1. The third kappa shape index (κ3) is 3.94. The minimum Gasteiger partial charge on any atom is -0.340 e. The van der Waals surface area contributed by atoms with Crippen LogP contribution in [0, 0.1) is 5.41 Å². The smallest absolute Gasteiger partial charge is 0.229 e. The average molecular weight is 337 g/mol. The van der Waals surface area contributed by atoms with Crippen molar-refractivity contribution in [2.45, 2.75) is 58.5 Å². The van der Waals surface area contributed by atoms with Gasteiger partial charge in [0, 0.05) is 57.9 Å². The molecule has 3 atom stereocenters. The number of hydrogen-bond acceptors (Lipinski definition) is 4. The SMILES string of the molecule is C[C@@H]1CC[C@@H](C)N1CCN1CCN(C(=O)[C@@]2(C)CCCNC2)CC1. The molecule has 3 saturated heterocycles. The second kappa shape index (κ2) is 7.71. The van der Waals surface area contributed by atoms with Gasteiger partial charge < -0.3 is 10.2 Å². The molecule has 138 valence electrons. The predicted molar refractivity (Wildman–Crippen MR) is 98.1 cm³/mol. The molecule has 24 heavy (non-hydrogen) atoms. The lowest BCUT2D eigenvalue weighted by Gasteiger charge is -2.41. The van der Waals surface area contributed by atoms with E-state index in [2.05, 4.69) is 40.8 Å². The second-order valence-electron chi connectivity index (χ2n) is 8.49. The van der Waals surface area contributed by atoms with Crippen molar-refractivity contribution in [3.8, 4) is 0 Å². The molecule has 0 saturated carbocycles. The summed E-state index contributed by atoms with van der Waals surface area (Å²) in [4.78, 5) is 20.2. The summed E-state index contributed by atoms with van der Waals surface area (Å²) in [5.41, 5.74) is -0.180. The molecule has 3 aliphatic rings. The van der Waals surface area contributed by atoms with E-state index in [1.807, 2.05) is 0 Å². The Labute approximate surface area is 147 Å². The molecular formula is C19H36N4O. The van der Waals surface area contributed by atoms with Crippen molar-refractivity contribution in [3.63, 3.8) is 0 Å². The van der Waals surface area contributed by atoms with Crippen LogP contribution < -0.4 is 5.32 Å². The van der Waals surface area contributed by atoms with Crippen LogP contribution in [0.5, 0.6) is 0 Å². The van der Waals surface area contributed by atoms with Crippen LogP contribution in [-0.2, 0) is 4.79 Å². The van der Waals surface area contributed by atoms with Crippen LogP contribution in [-0.4, -0.2) is 85.0 Å². The maximum absolute atomic E-state index is 12.9. The highest BCUT2D eigenvalue weighted by molar-refractivity contribution is 5.82. The highest BCUT2D eigenvalue weighted by atomic mass is 16.2. The van der Waals surface area contributed by atoms with E-state index in [-0.39, 0.29) is 5.41 Å². The fourth-order valence-electron chi connectivity index (χ4n) is 4.74. The van der Waals surface area contributed by atoms with Crippen LogP contribution in [0.3, 0.4) is 0 Å². The first kappa shape index (κ1) is 18.2. The van der Waals surface area contributed by atoms with E-state index in [4.69, 9.17) is 0 Å². The summed E-state index contributed by atoms with van der Waals surface area (Å²) in [6.45, 7) is 15.0. The molecule has 3 fully saturated rings. The van der Waals surface area contributed by atoms with Gasteiger partial charge in [-0.05, 0) is 53.0 Å². The summed E-state index contributed by atoms with van der Waals surface area (Å²) < 4.78 is 0. The number of piperidine rings is 1. The van der Waals surface area contributed by atoms with Gasteiger partial charge in [-0.1, -0.05) is 0 Å². The Bertz CT molecular complexity index is 417. The Kier molecular flexibility index (Phi) is 5.83. The summed E-state index contributed by atoms with van der Waals surface area (Å²) in [7, 11) is 0. The predicted octanol–water partition coefficient (Wildman–Crippen LogP) is 1.39. The Morgan fingerprint density at radius 2 is 1.75 bits per heavy atom. The summed E-state index contributed by atoms with van der Waals surface area (Å²) >= 11 is 0. The van der Waals surface area contributed by atoms with Crippen molar-refractivity contribution in [1.29, 1.82) is 0 Å². The lowest BCUT2D eigenvalue weighted by Crippen LogP contribution is -2.56. The van der Waals surface area contributed by atoms with E-state index in [0.717, 1.165) is 70.7 Å². The Morgan fingerprint density at radius 1 is 1.08 bits per heavy atom. The fraction of sp³-hybridized carbons (Fsp3) is 0.947. The van der Waals surface area contributed by atoms with E-state index in [0.29, 0.717) is 5.91 Å². The van der Waals surface area contributed by atoms with Crippen molar-refractivity contribution >= 4 is 5.91 Å². The fourth-order valence-corrected chi connectivity index (χ4v) is 4.74. The molecule has 0 aromatic carbocycles. The Morgan fingerprint density at radius 3 is 2.33 bits per heavy atom. The van der Waals surface area contributed by atoms with Gasteiger partial charge in [0.25, 0.3) is 0 Å². The number of nitrogens with zero attached hydrogens (tertiary/aromatic N) is 3. The summed E-state index contributed by atoms with van der Waals surface area (Å²) in [6.07, 6.45) is 4.84. The molecule has 0 unspecified atom stereocenters. The number of carbonyl (C=O) groups excluding carboxylic acids is 1. The molecule has 0 radical (unpaired) electrons. The lowest BCUT2D eigenvalue weighted by molar-refractivity contribution is -0.144. The average Bonchev–Trinajstić information content (AvgIpc) is 2.92. The van der Waals surface area contributed by atoms with Gasteiger partial charge in [0.2, 0.25) is 5.91 Å². The van der Waals surface area contributed by atoms with Gasteiger partial charge in [0.05, 0.1) is 5.41 Å². The highest BCUT2D eigenvalue weighted by Gasteiger charge is 2.38. The molecule has 3 heterocycles. The molecule has 5 heteroatoms. The topological polar surface area (TPSA) is 38.8 Å². The van der Waals surface area contributed by atoms with E-state index in [1.54, 1.807) is 0 Å². The highest BCUT2D eigenvalue weighted by Crippen LogP contribution is 2.28. The largest absolute Gasteiger partial charge is 0.340 e. The normalized spacial score (nSPS) is 36.2. The standard InChI is InChI=1S/C19H36N4O/c1-16-5-6-17(2)23(16)14-11-21-9-12-22(13-10-21)18(24)19(3)7-4-8-20-15-19/h16-17,20H,4-15H2,1-3H3/t16-,17-,19+/m1/s1. The molecule has 5 nitrogen and oxygen atoms in total. The van der Waals surface area contributed by atoms with Gasteiger partial charge in [0.15, 0.2) is 0 Å². The summed E-state index contributed by atoms with van der Waals surface area (Å²) in [5.74, 6) is 0.371. The zero-order chi connectivity index (χ0) is 17.2. The number of piperazine rings is 1. The van der Waals surface area contributed by atoms with E-state index >= 15 is 0 Å². The summed E-state index contributed by atoms with van der Waals surface area (Å²) in [5, 5.41) is 3.40. The van der Waals surface area contributed by atoms with Gasteiger partial charge >= 0.3 is 0 Å². The van der Waals surface area contributed by atoms with Crippen molar-refractivity contribution < 1.29 is 4.79 Å². The number of likely N-dealkylation sites (tertiary alicyclic amines) is 1. The number of amides is 1. The zero-order valence-electron chi connectivity index (χ0n) is 15.9. The monoisotopic (exact) mass is 336 g/mol. The van der Waals surface area contributed by atoms with Crippen LogP contribution in [0.1, 0.15) is 46.5 Å². The van der Waals surface area contributed by atoms with Crippen molar-refractivity contribution in [2.75, 3.05) is 52.4 Å². The first-order valence-electron chi connectivity index (χ1n) is 9.98. The zero-order valence-corrected chi connectivity index (χ0v) is 15.9. The molecule has 3 aliphatic heterocycles. The van der Waals surface area contributed by atoms with Gasteiger partial charge in [-0.2, -0.15) is 0 Å². The third-order valence-corrected chi connectivity index (χ3v) is 6.58. The quantitative estimate of drug-likeness (QED) is 0.842. The van der Waals surface area contributed by atoms with Gasteiger partial charge in [-0.25, -0.2) is 0 Å². The first-order chi connectivity index (χ1) is 11.5. The van der Waals surface area contributed by atoms with Crippen LogP contribution in [0.4, 0.5) is 0 Å². The molecule has 0 aromatic heterocycles. The van der Waals surface area contributed by atoms with E-state index in [9.17, 15) is 4.79 Å². The molecule has 0 bridgehead atoms. The van der Waals surface area contributed by atoms with Crippen molar-refractivity contribution in [2.24, 2.45) is 5.41 Å². The van der Waals surface area contributed by atoms with Gasteiger partial charge in [0.1, 0.15) is 0 Å². The molecule has 0 aliphatic carbocycles. The third-order valence-electron chi connectivity index (χ3n) is 6.58. The maximum atomic E-state index is 12.9. The van der Waals surface area contributed by atoms with E-state index < -0.39 is 0 Å². The molecule has 1 N–H and O–H groups in total. The Hall–Kier alpha value is -0.650. The lowest BCUT2D eigenvalue weighted by atomic mass is 9.81. The van der Waals surface area contributed by atoms with Crippen LogP contribution in [0.15, 0.2) is 0 Å². The number of rotatable bonds is 4. The van der Waals surface area contributed by atoms with Crippen molar-refractivity contribution in [1.82, 2.24) is 20.0 Å². The maximum Gasteiger partial charge on any atom is 0.229 e. The van der Waals surface area contributed by atoms with Gasteiger partial charge in [-0.15, -0.1) is 0 Å². The number of carbonyl (C=O) groups is 1. The number of hydrogen-bond donors (Lipinski definition) is 1. The second-order valence-corrected chi connectivity index (χ2v) is 8.49. The van der Waals surface area contributed by atoms with Gasteiger partial charge in [-0.3, -0.25) is 14.6 Å². The molecule has 0 spiro atoms. The van der Waals surface area contributed by atoms with Crippen LogP contribution in [0.2, 0.25) is 0 Å². The van der Waals surface area contributed by atoms with E-state index in [1.165, 1.54) is 19.4 Å². The minimum absolute atomic E-state index is 0.180. The molecule has 3 rings (SSSR count). The summed E-state index contributed by atoms with van der Waals surface area (Å²) in [6, 6.07) is 1.48. The molecule has 1 amide bonds. The van der Waals surface area contributed by atoms with Crippen LogP contribution >= 0.6 is 0 Å². The molecular weight excluding hydrogens is 300 g/mol. The molecule has 0 aromatic rings. The Balaban J connectivity index is 1.43.